The fourth-order valence-corrected chi connectivity index (χ4v) is 3.48. The number of sulfonamides is 1. The van der Waals surface area contributed by atoms with Crippen LogP contribution < -0.4 is 11.1 Å². The first-order valence-corrected chi connectivity index (χ1v) is 9.86. The smallest absolute Gasteiger partial charge is 0.283 e. The Morgan fingerprint density at radius 1 is 1.12 bits per heavy atom. The number of para-hydroxylation sites is 1. The van der Waals surface area contributed by atoms with Crippen LogP contribution >= 0.6 is 11.8 Å². The van der Waals surface area contributed by atoms with Crippen molar-refractivity contribution < 1.29 is 13.2 Å². The van der Waals surface area contributed by atoms with E-state index in [1.807, 2.05) is 32.0 Å². The lowest BCUT2D eigenvalue weighted by Crippen LogP contribution is -2.20. The molecule has 2 aromatic rings. The molecule has 0 spiro atoms. The van der Waals surface area contributed by atoms with Crippen molar-refractivity contribution >= 4 is 38.5 Å². The molecule has 0 unspecified atom stereocenters. The van der Waals surface area contributed by atoms with Crippen molar-refractivity contribution in [3.63, 3.8) is 0 Å². The van der Waals surface area contributed by atoms with Crippen molar-refractivity contribution in [2.24, 2.45) is 10.1 Å². The number of anilines is 1. The Hall–Kier alpha value is -2.32. The number of primary amides is 1. The predicted octanol–water partition coefficient (Wildman–Crippen LogP) is 3.31. The normalized spacial score (nSPS) is 12.0. The molecule has 0 heterocycles. The van der Waals surface area contributed by atoms with Crippen molar-refractivity contribution in [3.05, 3.63) is 59.7 Å². The van der Waals surface area contributed by atoms with E-state index in [2.05, 4.69) is 9.71 Å². The quantitative estimate of drug-likeness (QED) is 0.615. The van der Waals surface area contributed by atoms with Crippen LogP contribution in [0.15, 0.2) is 57.8 Å². The van der Waals surface area contributed by atoms with Gasteiger partial charge in [0, 0.05) is 5.69 Å². The van der Waals surface area contributed by atoms with Gasteiger partial charge in [-0.15, -0.1) is 4.40 Å². The highest BCUT2D eigenvalue weighted by atomic mass is 32.2. The number of hydrogen-bond acceptors (Lipinski definition) is 4. The topological polar surface area (TPSA) is 102 Å². The van der Waals surface area contributed by atoms with Crippen LogP contribution in [0.2, 0.25) is 0 Å². The lowest BCUT2D eigenvalue weighted by molar-refractivity contribution is 0.267. The zero-order chi connectivity index (χ0) is 18.4. The van der Waals surface area contributed by atoms with Gasteiger partial charge in [-0.2, -0.15) is 8.42 Å². The van der Waals surface area contributed by atoms with Crippen molar-refractivity contribution in [2.45, 2.75) is 18.7 Å². The molecule has 0 aliphatic heterocycles. The van der Waals surface area contributed by atoms with Crippen molar-refractivity contribution in [1.29, 1.82) is 0 Å². The number of hydrogen-bond donors (Lipinski definition) is 2. The second-order valence-electron chi connectivity index (χ2n) is 5.37. The van der Waals surface area contributed by atoms with Crippen molar-refractivity contribution in [1.82, 2.24) is 0 Å². The fourth-order valence-electron chi connectivity index (χ4n) is 2.00. The third-order valence-corrected chi connectivity index (χ3v) is 5.36. The first-order valence-electron chi connectivity index (χ1n) is 7.43. The van der Waals surface area contributed by atoms with Crippen LogP contribution in [0.1, 0.15) is 11.1 Å². The molecule has 0 aliphatic rings. The molecular weight excluding hydrogens is 358 g/mol. The Kier molecular flexibility index (Phi) is 6.22. The number of carbonyl (C=O) groups excluding carboxylic acids is 1. The summed E-state index contributed by atoms with van der Waals surface area (Å²) in [5, 5.41) is 2.38. The summed E-state index contributed by atoms with van der Waals surface area (Å²) in [6.45, 7) is 3.75. The number of carbonyl (C=O) groups is 1. The van der Waals surface area contributed by atoms with Crippen LogP contribution in [0.4, 0.5) is 10.5 Å². The first kappa shape index (κ1) is 19.0. The maximum absolute atomic E-state index is 12.5. The van der Waals surface area contributed by atoms with Crippen LogP contribution in [0.3, 0.4) is 0 Å². The molecule has 0 aliphatic carbocycles. The van der Waals surface area contributed by atoms with E-state index in [-0.39, 0.29) is 16.5 Å². The van der Waals surface area contributed by atoms with Crippen LogP contribution in [-0.2, 0) is 10.0 Å². The molecule has 3 N–H and O–H groups in total. The summed E-state index contributed by atoms with van der Waals surface area (Å²) in [6, 6.07) is 13.8. The number of amides is 1. The van der Waals surface area contributed by atoms with Gasteiger partial charge in [0.25, 0.3) is 15.3 Å². The molecule has 25 heavy (non-hydrogen) atoms. The summed E-state index contributed by atoms with van der Waals surface area (Å²) in [4.78, 5) is 11.1. The van der Waals surface area contributed by atoms with Crippen molar-refractivity contribution in [2.75, 3.05) is 11.1 Å². The zero-order valence-corrected chi connectivity index (χ0v) is 15.5. The number of thioether (sulfide) groups is 1. The lowest BCUT2D eigenvalue weighted by atomic mass is 10.2. The first-order chi connectivity index (χ1) is 11.8. The standard InChI is InChI=1S/C17H19N3O3S2/c1-12-7-9-14(10-8-12)25(22,23)20-16(11-24-17(18)21)19-15-6-4-3-5-13(15)2/h3-10H,11H2,1-2H3,(H2,18,21)(H,19,20). The number of aryl methyl sites for hydroxylation is 2. The molecule has 2 rings (SSSR count). The summed E-state index contributed by atoms with van der Waals surface area (Å²) in [5.74, 6) is 0.160. The van der Waals surface area contributed by atoms with E-state index in [0.717, 1.165) is 22.9 Å². The number of benzene rings is 2. The number of nitrogens with one attached hydrogen (secondary N) is 1. The van der Waals surface area contributed by atoms with Gasteiger partial charge in [-0.1, -0.05) is 47.7 Å². The van der Waals surface area contributed by atoms with Gasteiger partial charge in [-0.3, -0.25) is 4.79 Å². The van der Waals surface area contributed by atoms with E-state index in [1.54, 1.807) is 18.2 Å². The van der Waals surface area contributed by atoms with E-state index in [1.165, 1.54) is 12.1 Å². The molecule has 132 valence electrons. The number of amidine groups is 1. The van der Waals surface area contributed by atoms with Gasteiger partial charge in [0.2, 0.25) is 0 Å². The molecule has 0 bridgehead atoms. The van der Waals surface area contributed by atoms with Gasteiger partial charge < -0.3 is 11.1 Å². The summed E-state index contributed by atoms with van der Waals surface area (Å²) < 4.78 is 28.9. The molecule has 0 fully saturated rings. The third-order valence-electron chi connectivity index (χ3n) is 3.32. The highest BCUT2D eigenvalue weighted by molar-refractivity contribution is 8.14. The van der Waals surface area contributed by atoms with Gasteiger partial charge in [0.1, 0.15) is 5.84 Å². The summed E-state index contributed by atoms with van der Waals surface area (Å²) in [5.41, 5.74) is 7.73. The highest BCUT2D eigenvalue weighted by Gasteiger charge is 2.15. The lowest BCUT2D eigenvalue weighted by Gasteiger charge is -2.11. The Labute approximate surface area is 151 Å². The maximum atomic E-state index is 12.5. The molecular formula is C17H19N3O3S2. The molecule has 0 atom stereocenters. The van der Waals surface area contributed by atoms with Crippen LogP contribution in [-0.4, -0.2) is 25.2 Å². The second-order valence-corrected chi connectivity index (χ2v) is 7.96. The number of rotatable bonds is 5. The van der Waals surface area contributed by atoms with Gasteiger partial charge in [-0.05, 0) is 37.6 Å². The number of nitrogens with zero attached hydrogens (tertiary/aromatic N) is 1. The van der Waals surface area contributed by atoms with E-state index in [9.17, 15) is 13.2 Å². The van der Waals surface area contributed by atoms with Crippen LogP contribution in [0.25, 0.3) is 0 Å². The average Bonchev–Trinajstić information content (AvgIpc) is 2.55. The number of nitrogens with two attached hydrogens (primary N) is 1. The van der Waals surface area contributed by atoms with Gasteiger partial charge >= 0.3 is 0 Å². The largest absolute Gasteiger partial charge is 0.361 e. The molecule has 6 nitrogen and oxygen atoms in total. The Bertz CT molecular complexity index is 892. The van der Waals surface area contributed by atoms with Crippen LogP contribution in [0, 0.1) is 13.8 Å². The van der Waals surface area contributed by atoms with Gasteiger partial charge in [-0.25, -0.2) is 0 Å². The molecule has 1 amide bonds. The minimum absolute atomic E-state index is 0.0226. The predicted molar refractivity (Wildman–Crippen MR) is 103 cm³/mol. The summed E-state index contributed by atoms with van der Waals surface area (Å²) >= 11 is 0.784. The minimum atomic E-state index is -3.90. The Morgan fingerprint density at radius 2 is 1.76 bits per heavy atom. The maximum Gasteiger partial charge on any atom is 0.283 e. The SMILES string of the molecule is Cc1ccc(S(=O)(=O)/N=C(/CSC(N)=O)Nc2ccccc2C)cc1. The van der Waals surface area contributed by atoms with E-state index in [4.69, 9.17) is 5.73 Å². The molecule has 0 saturated carbocycles. The monoisotopic (exact) mass is 377 g/mol. The van der Waals surface area contributed by atoms with E-state index >= 15 is 0 Å². The summed E-state index contributed by atoms with van der Waals surface area (Å²) in [6.07, 6.45) is 0. The zero-order valence-electron chi connectivity index (χ0n) is 13.9. The molecule has 8 heteroatoms. The molecule has 0 aromatic heterocycles. The Balaban J connectivity index is 2.36. The highest BCUT2D eigenvalue weighted by Crippen LogP contribution is 2.17. The van der Waals surface area contributed by atoms with Crippen LogP contribution in [0.5, 0.6) is 0 Å². The molecule has 2 aromatic carbocycles. The average molecular weight is 377 g/mol. The van der Waals surface area contributed by atoms with Gasteiger partial charge in [0.05, 0.1) is 10.6 Å². The third kappa shape index (κ3) is 5.61. The van der Waals surface area contributed by atoms with Gasteiger partial charge in [0.15, 0.2) is 0 Å². The molecule has 0 radical (unpaired) electrons. The fraction of sp³-hybridized carbons (Fsp3) is 0.176. The van der Waals surface area contributed by atoms with Crippen molar-refractivity contribution in [3.8, 4) is 0 Å². The Morgan fingerprint density at radius 3 is 2.36 bits per heavy atom. The van der Waals surface area contributed by atoms with E-state index < -0.39 is 15.3 Å². The minimum Gasteiger partial charge on any atom is -0.361 e. The molecule has 0 saturated heterocycles. The van der Waals surface area contributed by atoms with E-state index in [0.29, 0.717) is 5.69 Å². The second kappa shape index (κ2) is 8.17. The summed E-state index contributed by atoms with van der Waals surface area (Å²) in [7, 11) is -3.90.